The lowest BCUT2D eigenvalue weighted by Gasteiger charge is -2.28. The number of nitrogens with one attached hydrogen (secondary N) is 1. The summed E-state index contributed by atoms with van der Waals surface area (Å²) in [6, 6.07) is 14.2. The number of anilines is 1. The molecule has 0 bridgehead atoms. The molecule has 1 heterocycles. The highest BCUT2D eigenvalue weighted by Crippen LogP contribution is 2.21. The van der Waals surface area contributed by atoms with Crippen molar-refractivity contribution in [1.29, 1.82) is 0 Å². The van der Waals surface area contributed by atoms with Crippen LogP contribution in [0.15, 0.2) is 64.0 Å². The van der Waals surface area contributed by atoms with Gasteiger partial charge in [0.25, 0.3) is 10.0 Å². The molecule has 0 radical (unpaired) electrons. The van der Waals surface area contributed by atoms with E-state index in [1.54, 1.807) is 58.0 Å². The van der Waals surface area contributed by atoms with E-state index in [0.29, 0.717) is 23.4 Å². The second kappa shape index (κ2) is 12.6. The Morgan fingerprint density at radius 2 is 1.79 bits per heavy atom. The molecular weight excluding hydrogens is 526 g/mol. The number of aryl methyl sites for hydroxylation is 1. The number of nitrogens with two attached hydrogens (primary N) is 2. The normalized spacial score (nSPS) is 13.5. The Labute approximate surface area is 227 Å². The van der Waals surface area contributed by atoms with E-state index >= 15 is 0 Å². The van der Waals surface area contributed by atoms with E-state index in [0.717, 1.165) is 5.56 Å². The minimum absolute atomic E-state index is 0.0491. The van der Waals surface area contributed by atoms with Gasteiger partial charge in [0, 0.05) is 18.3 Å². The summed E-state index contributed by atoms with van der Waals surface area (Å²) < 4.78 is 38.7. The zero-order valence-corrected chi connectivity index (χ0v) is 23.1. The van der Waals surface area contributed by atoms with Crippen LogP contribution in [0.4, 0.5) is 10.5 Å². The number of benzene rings is 2. The highest BCUT2D eigenvalue weighted by molar-refractivity contribution is 7.92. The van der Waals surface area contributed by atoms with E-state index in [4.69, 9.17) is 20.9 Å². The molecule has 39 heavy (non-hydrogen) atoms. The number of hydrogen-bond acceptors (Lipinski definition) is 10. The van der Waals surface area contributed by atoms with Crippen molar-refractivity contribution in [2.45, 2.75) is 56.9 Å². The lowest BCUT2D eigenvalue weighted by Crippen LogP contribution is -2.40. The molecule has 2 atom stereocenters. The molecular formula is C26H35N5O7S. The minimum Gasteiger partial charge on any atom is -0.444 e. The topological polar surface area (TPSA) is 183 Å². The lowest BCUT2D eigenvalue weighted by atomic mass is 10.1. The Hall–Kier alpha value is -3.49. The smallest absolute Gasteiger partial charge is 0.410 e. The van der Waals surface area contributed by atoms with E-state index in [1.807, 2.05) is 0 Å². The monoisotopic (exact) mass is 561 g/mol. The molecule has 0 spiro atoms. The molecule has 1 aromatic heterocycles. The fourth-order valence-electron chi connectivity index (χ4n) is 3.56. The van der Waals surface area contributed by atoms with Crippen molar-refractivity contribution >= 4 is 21.8 Å². The maximum Gasteiger partial charge on any atom is 0.410 e. The molecule has 0 aliphatic rings. The molecule has 6 N–H and O–H groups in total. The van der Waals surface area contributed by atoms with E-state index in [2.05, 4.69) is 14.7 Å². The van der Waals surface area contributed by atoms with E-state index in [1.165, 1.54) is 29.2 Å². The first-order valence-corrected chi connectivity index (χ1v) is 13.7. The third-order valence-corrected chi connectivity index (χ3v) is 6.96. The van der Waals surface area contributed by atoms with E-state index in [9.17, 15) is 18.3 Å². The van der Waals surface area contributed by atoms with Crippen molar-refractivity contribution in [2.24, 2.45) is 11.6 Å². The van der Waals surface area contributed by atoms with Gasteiger partial charge in [-0.05, 0) is 69.5 Å². The summed E-state index contributed by atoms with van der Waals surface area (Å²) >= 11 is 0. The van der Waals surface area contributed by atoms with Gasteiger partial charge in [-0.2, -0.15) is 0 Å². The van der Waals surface area contributed by atoms with Crippen LogP contribution in [0.5, 0.6) is 0 Å². The number of aliphatic hydroxyl groups is 1. The molecule has 0 saturated heterocycles. The predicted octanol–water partition coefficient (Wildman–Crippen LogP) is 3.14. The van der Waals surface area contributed by atoms with Crippen LogP contribution in [0.3, 0.4) is 0 Å². The number of amides is 1. The molecule has 12 nitrogen and oxygen atoms in total. The molecule has 3 rings (SSSR count). The zero-order valence-electron chi connectivity index (χ0n) is 22.3. The van der Waals surface area contributed by atoms with Gasteiger partial charge in [0.1, 0.15) is 11.7 Å². The van der Waals surface area contributed by atoms with Crippen LogP contribution >= 0.6 is 0 Å². The summed E-state index contributed by atoms with van der Waals surface area (Å²) in [5, 5.41) is 14.4. The number of aliphatic hydroxyl groups excluding tert-OH is 1. The second-order valence-electron chi connectivity index (χ2n) is 9.99. The van der Waals surface area contributed by atoms with Gasteiger partial charge in [0.05, 0.1) is 17.1 Å². The van der Waals surface area contributed by atoms with Crippen LogP contribution < -0.4 is 16.4 Å². The van der Waals surface area contributed by atoms with Crippen molar-refractivity contribution in [2.75, 3.05) is 17.8 Å². The van der Waals surface area contributed by atoms with E-state index in [-0.39, 0.29) is 23.7 Å². The average molecular weight is 562 g/mol. The van der Waals surface area contributed by atoms with Crippen molar-refractivity contribution < 1.29 is 32.4 Å². The molecule has 13 heteroatoms. The minimum atomic E-state index is -3.84. The number of aromatic nitrogens is 1. The van der Waals surface area contributed by atoms with Gasteiger partial charge in [-0.3, -0.25) is 9.56 Å². The van der Waals surface area contributed by atoms with Crippen LogP contribution in [0.2, 0.25) is 0 Å². The van der Waals surface area contributed by atoms with Crippen molar-refractivity contribution in [3.8, 4) is 0 Å². The van der Waals surface area contributed by atoms with Crippen molar-refractivity contribution in [3.05, 3.63) is 77.2 Å². The van der Waals surface area contributed by atoms with Crippen LogP contribution in [-0.2, 0) is 26.0 Å². The first kappa shape index (κ1) is 30.1. The molecule has 212 valence electrons. The molecule has 0 aliphatic carbocycles. The first-order valence-electron chi connectivity index (χ1n) is 12.2. The number of rotatable bonds is 11. The first-order chi connectivity index (χ1) is 18.3. The zero-order chi connectivity index (χ0) is 28.8. The quantitative estimate of drug-likeness (QED) is 0.200. The summed E-state index contributed by atoms with van der Waals surface area (Å²) in [6.07, 6.45) is -2.09. The van der Waals surface area contributed by atoms with Gasteiger partial charge >= 0.3 is 6.09 Å². The highest BCUT2D eigenvalue weighted by Gasteiger charge is 2.26. The Bertz CT molecular complexity index is 1340. The Balaban J connectivity index is 1.65. The number of ether oxygens (including phenoxy) is 1. The maximum absolute atomic E-state index is 12.8. The predicted molar refractivity (Wildman–Crippen MR) is 144 cm³/mol. The van der Waals surface area contributed by atoms with Gasteiger partial charge in [-0.15, -0.1) is 0 Å². The summed E-state index contributed by atoms with van der Waals surface area (Å²) in [5.74, 6) is 5.32. The average Bonchev–Trinajstić information content (AvgIpc) is 3.32. The number of sulfonamides is 1. The van der Waals surface area contributed by atoms with Gasteiger partial charge < -0.3 is 25.0 Å². The maximum atomic E-state index is 12.8. The summed E-state index contributed by atoms with van der Waals surface area (Å²) in [4.78, 5) is 18.8. The largest absolute Gasteiger partial charge is 0.444 e. The molecule has 1 amide bonds. The Morgan fingerprint density at radius 3 is 2.33 bits per heavy atom. The molecule has 2 unspecified atom stereocenters. The third-order valence-electron chi connectivity index (χ3n) is 5.56. The van der Waals surface area contributed by atoms with Crippen molar-refractivity contribution in [1.82, 2.24) is 10.1 Å². The molecule has 0 saturated carbocycles. The SMILES string of the molecule is Cc1cc(C(O)CN(CCc2ccc(NS(=O)(=O)c3ccc(C(N)ON)cc3)cc2)C(=O)OC(C)(C)C)on1. The second-order valence-corrected chi connectivity index (χ2v) is 11.7. The fraction of sp³-hybridized carbons (Fsp3) is 0.385. The number of nitrogens with zero attached hydrogens (tertiary/aromatic N) is 2. The summed E-state index contributed by atoms with van der Waals surface area (Å²) in [7, 11) is -3.84. The van der Waals surface area contributed by atoms with Gasteiger partial charge in [0.15, 0.2) is 12.0 Å². The highest BCUT2D eigenvalue weighted by atomic mass is 32.2. The van der Waals surface area contributed by atoms with Crippen LogP contribution in [0.25, 0.3) is 0 Å². The molecule has 0 fully saturated rings. The molecule has 2 aromatic carbocycles. The fourth-order valence-corrected chi connectivity index (χ4v) is 4.61. The summed E-state index contributed by atoms with van der Waals surface area (Å²) in [6.45, 7) is 7.21. The lowest BCUT2D eigenvalue weighted by molar-refractivity contribution is 0.0119. The number of hydrogen-bond donors (Lipinski definition) is 4. The number of carbonyl (C=O) groups excluding carboxylic acids is 1. The van der Waals surface area contributed by atoms with Gasteiger partial charge in [0.2, 0.25) is 0 Å². The van der Waals surface area contributed by atoms with Gasteiger partial charge in [-0.1, -0.05) is 29.4 Å². The Morgan fingerprint density at radius 1 is 1.15 bits per heavy atom. The Kier molecular flexibility index (Phi) is 9.69. The molecule has 3 aromatic rings. The third kappa shape index (κ3) is 8.76. The van der Waals surface area contributed by atoms with E-state index < -0.39 is 34.0 Å². The van der Waals surface area contributed by atoms with Crippen LogP contribution in [-0.4, -0.2) is 48.4 Å². The number of carbonyl (C=O) groups is 1. The van der Waals surface area contributed by atoms with Gasteiger partial charge in [-0.25, -0.2) is 19.1 Å². The van der Waals surface area contributed by atoms with Crippen molar-refractivity contribution in [3.63, 3.8) is 0 Å². The summed E-state index contributed by atoms with van der Waals surface area (Å²) in [5.41, 5.74) is 7.31. The standard InChI is InChI=1S/C26H35N5O7S/c1-17-15-23(38-29-17)22(32)16-31(25(33)36-26(2,3)4)14-13-18-5-9-20(10-6-18)30-39(34,35)21-11-7-19(8-12-21)24(27)37-28/h5-12,15,22,24,30,32H,13-14,16,27-28H2,1-4H3. The van der Waals surface area contributed by atoms with Crippen LogP contribution in [0.1, 0.15) is 55.7 Å². The van der Waals surface area contributed by atoms with Crippen LogP contribution in [0, 0.1) is 6.92 Å². The molecule has 0 aliphatic heterocycles.